The van der Waals surface area contributed by atoms with Crippen LogP contribution in [0.2, 0.25) is 25.7 Å². The Labute approximate surface area is 249 Å². The van der Waals surface area contributed by atoms with E-state index in [1.807, 2.05) is 0 Å². The van der Waals surface area contributed by atoms with Crippen molar-refractivity contribution in [1.29, 1.82) is 0 Å². The van der Waals surface area contributed by atoms with Crippen LogP contribution in [-0.2, 0) is 10.0 Å². The zero-order valence-corrected chi connectivity index (χ0v) is 26.9. The number of pyridine rings is 2. The molecule has 0 spiro atoms. The van der Waals surface area contributed by atoms with Crippen LogP contribution in [-0.4, -0.2) is 67.4 Å². The van der Waals surface area contributed by atoms with Gasteiger partial charge in [0.15, 0.2) is 10.8 Å². The summed E-state index contributed by atoms with van der Waals surface area (Å²) in [5.74, 6) is 1.53. The van der Waals surface area contributed by atoms with Gasteiger partial charge in [-0.05, 0) is 69.7 Å². The summed E-state index contributed by atoms with van der Waals surface area (Å²) in [5, 5.41) is 7.56. The number of hydrogen-bond acceptors (Lipinski definition) is 9. The van der Waals surface area contributed by atoms with Crippen molar-refractivity contribution in [3.05, 3.63) is 48.2 Å². The lowest BCUT2D eigenvalue weighted by atomic mass is 9.93. The van der Waals surface area contributed by atoms with Crippen LogP contribution in [0, 0.1) is 5.92 Å². The predicted octanol–water partition coefficient (Wildman–Crippen LogP) is 4.70. The molecule has 4 bridgehead atoms. The number of nitrogens with zero attached hydrogens (tertiary/aromatic N) is 5. The fraction of sp³-hybridized carbons (Fsp3) is 0.517. The first kappa shape index (κ1) is 30.0. The van der Waals surface area contributed by atoms with Crippen molar-refractivity contribution >= 4 is 35.6 Å². The number of carbonyl (C=O) groups excluding carboxylic acids is 1. The standard InChI is InChI=1S/C29H41N7O4SSi/c1-29(2)19-21-9-7-15-30-23-10-6-11-26(31-23)41(38,39)34-28(37)22-12-13-24(32-27(22)35(29)20-21)36-16-14-25(33-36)40-17-8-18-42(3,4)5/h6,10-14,16,21H,7-9,15,17-20H2,1-5H3,(H,30,31)(H,34,37)/t21-/m0/s1. The molecule has 0 saturated carbocycles. The Balaban J connectivity index is 1.48. The quantitative estimate of drug-likeness (QED) is 0.301. The molecule has 0 aromatic carbocycles. The molecule has 2 aliphatic heterocycles. The van der Waals surface area contributed by atoms with Gasteiger partial charge in [-0.2, -0.15) is 8.42 Å². The van der Waals surface area contributed by atoms with Gasteiger partial charge in [0.05, 0.1) is 12.2 Å². The van der Waals surface area contributed by atoms with Crippen LogP contribution in [0.3, 0.4) is 0 Å². The minimum atomic E-state index is -4.22. The van der Waals surface area contributed by atoms with Gasteiger partial charge in [0.25, 0.3) is 15.9 Å². The molecule has 2 N–H and O–H groups in total. The highest BCUT2D eigenvalue weighted by molar-refractivity contribution is 7.90. The van der Waals surface area contributed by atoms with Gasteiger partial charge in [0.2, 0.25) is 5.88 Å². The lowest BCUT2D eigenvalue weighted by Gasteiger charge is -2.34. The summed E-state index contributed by atoms with van der Waals surface area (Å²) in [6, 6.07) is 11.0. The van der Waals surface area contributed by atoms with E-state index in [4.69, 9.17) is 9.72 Å². The van der Waals surface area contributed by atoms with E-state index in [9.17, 15) is 13.2 Å². The van der Waals surface area contributed by atoms with Crippen molar-refractivity contribution in [2.45, 2.75) is 75.8 Å². The van der Waals surface area contributed by atoms with E-state index in [1.54, 1.807) is 41.2 Å². The molecule has 11 nitrogen and oxygen atoms in total. The van der Waals surface area contributed by atoms with Crippen LogP contribution < -0.4 is 19.7 Å². The molecule has 5 rings (SSSR count). The Bertz CT molecular complexity index is 1550. The molecule has 1 saturated heterocycles. The molecule has 3 aromatic rings. The minimum Gasteiger partial charge on any atom is -0.477 e. The van der Waals surface area contributed by atoms with Gasteiger partial charge < -0.3 is 15.0 Å². The van der Waals surface area contributed by atoms with E-state index in [2.05, 4.69) is 58.5 Å². The first-order chi connectivity index (χ1) is 19.8. The minimum absolute atomic E-state index is 0.176. The van der Waals surface area contributed by atoms with Crippen LogP contribution in [0.25, 0.3) is 5.82 Å². The van der Waals surface area contributed by atoms with Gasteiger partial charge in [-0.1, -0.05) is 31.8 Å². The largest absolute Gasteiger partial charge is 0.477 e. The third-order valence-corrected chi connectivity index (χ3v) is 10.8. The van der Waals surface area contributed by atoms with Crippen molar-refractivity contribution in [3.63, 3.8) is 0 Å². The van der Waals surface area contributed by atoms with Crippen LogP contribution in [0.4, 0.5) is 11.6 Å². The highest BCUT2D eigenvalue weighted by Crippen LogP contribution is 2.39. The molecular formula is C29H41N7O4SSi. The second-order valence-electron chi connectivity index (χ2n) is 13.0. The number of hydrogen-bond donors (Lipinski definition) is 2. The number of carbonyl (C=O) groups is 1. The average molecular weight is 612 g/mol. The van der Waals surface area contributed by atoms with Gasteiger partial charge in [-0.15, -0.1) is 5.10 Å². The lowest BCUT2D eigenvalue weighted by Crippen LogP contribution is -2.41. The van der Waals surface area contributed by atoms with E-state index in [0.717, 1.165) is 25.7 Å². The van der Waals surface area contributed by atoms with Crippen LogP contribution >= 0.6 is 0 Å². The molecule has 3 aromatic heterocycles. The second kappa shape index (κ2) is 11.7. The molecule has 226 valence electrons. The molecule has 1 fully saturated rings. The fourth-order valence-electron chi connectivity index (χ4n) is 5.69. The Morgan fingerprint density at radius 2 is 1.93 bits per heavy atom. The third kappa shape index (κ3) is 6.94. The van der Waals surface area contributed by atoms with Crippen molar-refractivity contribution in [3.8, 4) is 11.7 Å². The summed E-state index contributed by atoms with van der Waals surface area (Å²) in [6.07, 6.45) is 5.56. The molecule has 42 heavy (non-hydrogen) atoms. The predicted molar refractivity (Wildman–Crippen MR) is 166 cm³/mol. The van der Waals surface area contributed by atoms with E-state index in [0.29, 0.717) is 48.9 Å². The molecule has 0 unspecified atom stereocenters. The summed E-state index contributed by atoms with van der Waals surface area (Å²) in [6.45, 7) is 13.3. The molecule has 0 radical (unpaired) electrons. The summed E-state index contributed by atoms with van der Waals surface area (Å²) in [7, 11) is -5.35. The van der Waals surface area contributed by atoms with E-state index >= 15 is 0 Å². The summed E-state index contributed by atoms with van der Waals surface area (Å²) in [4.78, 5) is 24.8. The number of nitrogens with one attached hydrogen (secondary N) is 2. The van der Waals surface area contributed by atoms with E-state index in [1.165, 1.54) is 12.1 Å². The number of rotatable bonds is 6. The smallest absolute Gasteiger partial charge is 0.281 e. The summed E-state index contributed by atoms with van der Waals surface area (Å²) >= 11 is 0. The highest BCUT2D eigenvalue weighted by atomic mass is 32.2. The zero-order chi connectivity index (χ0) is 30.1. The number of aromatic nitrogens is 4. The lowest BCUT2D eigenvalue weighted by molar-refractivity contribution is 0.0981. The summed E-state index contributed by atoms with van der Waals surface area (Å²) < 4.78 is 36.1. The van der Waals surface area contributed by atoms with Crippen molar-refractivity contribution in [2.24, 2.45) is 5.92 Å². The van der Waals surface area contributed by atoms with Crippen LogP contribution in [0.1, 0.15) is 49.9 Å². The van der Waals surface area contributed by atoms with Gasteiger partial charge in [0, 0.05) is 39.0 Å². The van der Waals surface area contributed by atoms with Crippen LogP contribution in [0.15, 0.2) is 47.6 Å². The second-order valence-corrected chi connectivity index (χ2v) is 20.3. The number of fused-ring (bicyclic) bond motifs is 6. The monoisotopic (exact) mass is 611 g/mol. The zero-order valence-electron chi connectivity index (χ0n) is 25.1. The Kier molecular flexibility index (Phi) is 8.34. The molecular weight excluding hydrogens is 571 g/mol. The first-order valence-electron chi connectivity index (χ1n) is 14.6. The average Bonchev–Trinajstić information content (AvgIpc) is 3.51. The molecule has 0 aliphatic carbocycles. The normalized spacial score (nSPS) is 20.1. The molecule has 1 atom stereocenters. The molecule has 1 amide bonds. The SMILES string of the molecule is CC1(C)C[C@@H]2CCCNc3cccc(n3)S(=O)(=O)NC(=O)c3ccc(-n4ccc(OCCC[Si](C)(C)C)n4)nc3N1C2. The van der Waals surface area contributed by atoms with Crippen molar-refractivity contribution in [2.75, 3.05) is 29.9 Å². The molecule has 5 heterocycles. The third-order valence-electron chi connectivity index (χ3n) is 7.76. The molecule has 13 heteroatoms. The van der Waals surface area contributed by atoms with Crippen LogP contribution in [0.5, 0.6) is 5.88 Å². The van der Waals surface area contributed by atoms with Gasteiger partial charge in [-0.3, -0.25) is 4.79 Å². The Morgan fingerprint density at radius 3 is 2.71 bits per heavy atom. The fourth-order valence-corrected chi connectivity index (χ4v) is 7.83. The maximum absolute atomic E-state index is 13.6. The van der Waals surface area contributed by atoms with E-state index in [-0.39, 0.29) is 16.1 Å². The van der Waals surface area contributed by atoms with Gasteiger partial charge in [0.1, 0.15) is 11.6 Å². The van der Waals surface area contributed by atoms with Gasteiger partial charge >= 0.3 is 0 Å². The molecule has 2 aliphatic rings. The highest BCUT2D eigenvalue weighted by Gasteiger charge is 2.41. The number of sulfonamides is 1. The Hall–Kier alpha value is -3.45. The van der Waals surface area contributed by atoms with Gasteiger partial charge in [-0.25, -0.2) is 19.4 Å². The summed E-state index contributed by atoms with van der Waals surface area (Å²) in [5.41, 5.74) is -0.120. The number of anilines is 2. The maximum Gasteiger partial charge on any atom is 0.281 e. The van der Waals surface area contributed by atoms with Crippen molar-refractivity contribution in [1.82, 2.24) is 24.5 Å². The topological polar surface area (TPSA) is 131 Å². The number of amides is 1. The van der Waals surface area contributed by atoms with E-state index < -0.39 is 24.0 Å². The van der Waals surface area contributed by atoms with Crippen molar-refractivity contribution < 1.29 is 17.9 Å². The first-order valence-corrected chi connectivity index (χ1v) is 19.8. The number of ether oxygens (including phenoxy) is 1. The Morgan fingerprint density at radius 1 is 1.12 bits per heavy atom. The maximum atomic E-state index is 13.6.